The van der Waals surface area contributed by atoms with Crippen LogP contribution in [0.5, 0.6) is 5.75 Å². The average molecular weight is 298 g/mol. The smallest absolute Gasteiger partial charge is 0.224 e. The molecule has 22 heavy (non-hydrogen) atoms. The minimum Gasteiger partial charge on any atom is -0.497 e. The second kappa shape index (κ2) is 8.08. The highest BCUT2D eigenvalue weighted by atomic mass is 16.5. The van der Waals surface area contributed by atoms with Gasteiger partial charge in [0.15, 0.2) is 0 Å². The maximum absolute atomic E-state index is 11.7. The molecule has 4 heteroatoms. The molecule has 0 bridgehead atoms. The van der Waals surface area contributed by atoms with E-state index >= 15 is 0 Å². The average Bonchev–Trinajstić information content (AvgIpc) is 2.55. The summed E-state index contributed by atoms with van der Waals surface area (Å²) in [6, 6.07) is 15.4. The van der Waals surface area contributed by atoms with Gasteiger partial charge in [-0.15, -0.1) is 0 Å². The molecule has 2 aromatic rings. The molecule has 0 aliphatic carbocycles. The van der Waals surface area contributed by atoms with Gasteiger partial charge < -0.3 is 15.4 Å². The van der Waals surface area contributed by atoms with E-state index in [1.54, 1.807) is 7.11 Å². The first kappa shape index (κ1) is 15.9. The van der Waals surface area contributed by atoms with Gasteiger partial charge in [0.05, 0.1) is 7.11 Å². The summed E-state index contributed by atoms with van der Waals surface area (Å²) in [6.45, 7) is 2.08. The van der Waals surface area contributed by atoms with E-state index in [1.165, 1.54) is 0 Å². The molecule has 0 atom stereocenters. The fraction of sp³-hybridized carbons (Fsp3) is 0.278. The summed E-state index contributed by atoms with van der Waals surface area (Å²) in [6.07, 6.45) is 2.51. The van der Waals surface area contributed by atoms with Crippen LogP contribution >= 0.6 is 0 Å². The lowest BCUT2D eigenvalue weighted by Crippen LogP contribution is -2.10. The molecule has 0 heterocycles. The fourth-order valence-corrected chi connectivity index (χ4v) is 2.07. The zero-order valence-electron chi connectivity index (χ0n) is 13.1. The summed E-state index contributed by atoms with van der Waals surface area (Å²) in [5, 5.41) is 6.20. The fourth-order valence-electron chi connectivity index (χ4n) is 2.07. The number of carbonyl (C=O) groups is 1. The van der Waals surface area contributed by atoms with Crippen LogP contribution in [0, 0.1) is 0 Å². The Morgan fingerprint density at radius 2 is 1.77 bits per heavy atom. The number of anilines is 3. The molecule has 0 unspecified atom stereocenters. The second-order valence-corrected chi connectivity index (χ2v) is 5.09. The number of hydrogen-bond donors (Lipinski definition) is 2. The van der Waals surface area contributed by atoms with Crippen molar-refractivity contribution in [3.05, 3.63) is 48.5 Å². The van der Waals surface area contributed by atoms with E-state index in [0.717, 1.165) is 35.7 Å². The highest BCUT2D eigenvalue weighted by Crippen LogP contribution is 2.22. The Balaban J connectivity index is 1.95. The Labute approximate surface area is 131 Å². The van der Waals surface area contributed by atoms with Gasteiger partial charge in [-0.1, -0.05) is 19.4 Å². The lowest BCUT2D eigenvalue weighted by Gasteiger charge is -2.09. The van der Waals surface area contributed by atoms with Gasteiger partial charge >= 0.3 is 0 Å². The topological polar surface area (TPSA) is 50.4 Å². The van der Waals surface area contributed by atoms with Crippen LogP contribution in [0.3, 0.4) is 0 Å². The first-order valence-corrected chi connectivity index (χ1v) is 7.52. The third kappa shape index (κ3) is 4.81. The molecule has 4 nitrogen and oxygen atoms in total. The minimum atomic E-state index is 0.0651. The van der Waals surface area contributed by atoms with Gasteiger partial charge in [-0.3, -0.25) is 4.79 Å². The van der Waals surface area contributed by atoms with E-state index in [9.17, 15) is 4.79 Å². The SMILES string of the molecule is CCCCC(=O)Nc1ccc(Nc2cccc(OC)c2)cc1. The number of unbranched alkanes of at least 4 members (excludes halogenated alkanes) is 1. The van der Waals surface area contributed by atoms with Gasteiger partial charge in [0.25, 0.3) is 0 Å². The van der Waals surface area contributed by atoms with Crippen LogP contribution in [0.1, 0.15) is 26.2 Å². The number of rotatable bonds is 7. The summed E-state index contributed by atoms with van der Waals surface area (Å²) >= 11 is 0. The van der Waals surface area contributed by atoms with Crippen molar-refractivity contribution in [3.8, 4) is 5.75 Å². The monoisotopic (exact) mass is 298 g/mol. The standard InChI is InChI=1S/C18H22N2O2/c1-3-4-8-18(21)20-15-11-9-14(10-12-15)19-16-6-5-7-17(13-16)22-2/h5-7,9-13,19H,3-4,8H2,1-2H3,(H,20,21). The van der Waals surface area contributed by atoms with Gasteiger partial charge in [0, 0.05) is 29.5 Å². The lowest BCUT2D eigenvalue weighted by atomic mass is 10.2. The van der Waals surface area contributed by atoms with Crippen LogP contribution in [0.2, 0.25) is 0 Å². The number of hydrogen-bond acceptors (Lipinski definition) is 3. The summed E-state index contributed by atoms with van der Waals surface area (Å²) in [5.41, 5.74) is 2.73. The van der Waals surface area contributed by atoms with E-state index in [-0.39, 0.29) is 5.91 Å². The van der Waals surface area contributed by atoms with Crippen molar-refractivity contribution in [2.75, 3.05) is 17.7 Å². The van der Waals surface area contributed by atoms with Gasteiger partial charge in [-0.2, -0.15) is 0 Å². The predicted octanol–water partition coefficient (Wildman–Crippen LogP) is 4.57. The zero-order chi connectivity index (χ0) is 15.8. The van der Waals surface area contributed by atoms with Gasteiger partial charge in [-0.25, -0.2) is 0 Å². The molecule has 0 aliphatic heterocycles. The lowest BCUT2D eigenvalue weighted by molar-refractivity contribution is -0.116. The molecule has 1 amide bonds. The first-order valence-electron chi connectivity index (χ1n) is 7.52. The molecule has 116 valence electrons. The Morgan fingerprint density at radius 3 is 2.45 bits per heavy atom. The number of methoxy groups -OCH3 is 1. The maximum Gasteiger partial charge on any atom is 0.224 e. The van der Waals surface area contributed by atoms with Crippen molar-refractivity contribution in [1.29, 1.82) is 0 Å². The summed E-state index contributed by atoms with van der Waals surface area (Å²) in [5.74, 6) is 0.875. The van der Waals surface area contributed by atoms with E-state index in [0.29, 0.717) is 6.42 Å². The van der Waals surface area contributed by atoms with Crippen LogP contribution in [-0.4, -0.2) is 13.0 Å². The Morgan fingerprint density at radius 1 is 1.05 bits per heavy atom. The maximum atomic E-state index is 11.7. The molecule has 2 aromatic carbocycles. The summed E-state index contributed by atoms with van der Waals surface area (Å²) in [7, 11) is 1.65. The third-order valence-electron chi connectivity index (χ3n) is 3.28. The van der Waals surface area contributed by atoms with E-state index in [1.807, 2.05) is 48.5 Å². The quantitative estimate of drug-likeness (QED) is 0.787. The van der Waals surface area contributed by atoms with Gasteiger partial charge in [0.2, 0.25) is 5.91 Å². The van der Waals surface area contributed by atoms with E-state index < -0.39 is 0 Å². The minimum absolute atomic E-state index is 0.0651. The van der Waals surface area contributed by atoms with Crippen molar-refractivity contribution >= 4 is 23.0 Å². The van der Waals surface area contributed by atoms with Crippen molar-refractivity contribution in [3.63, 3.8) is 0 Å². The molecule has 0 aliphatic rings. The Bertz CT molecular complexity index is 609. The molecular weight excluding hydrogens is 276 g/mol. The number of carbonyl (C=O) groups excluding carboxylic acids is 1. The molecule has 2 N–H and O–H groups in total. The van der Waals surface area contributed by atoms with Crippen LogP contribution in [-0.2, 0) is 4.79 Å². The van der Waals surface area contributed by atoms with E-state index in [2.05, 4.69) is 17.6 Å². The third-order valence-corrected chi connectivity index (χ3v) is 3.28. The molecule has 0 fully saturated rings. The number of ether oxygens (including phenoxy) is 1. The zero-order valence-corrected chi connectivity index (χ0v) is 13.1. The highest BCUT2D eigenvalue weighted by Gasteiger charge is 2.02. The predicted molar refractivity (Wildman–Crippen MR) is 90.9 cm³/mol. The first-order chi connectivity index (χ1) is 10.7. The van der Waals surface area contributed by atoms with Crippen molar-refractivity contribution in [2.24, 2.45) is 0 Å². The molecule has 0 radical (unpaired) electrons. The van der Waals surface area contributed by atoms with Crippen LogP contribution < -0.4 is 15.4 Å². The van der Waals surface area contributed by atoms with Crippen molar-refractivity contribution < 1.29 is 9.53 Å². The second-order valence-electron chi connectivity index (χ2n) is 5.09. The molecule has 0 aromatic heterocycles. The van der Waals surface area contributed by atoms with Gasteiger partial charge in [-0.05, 0) is 42.8 Å². The Kier molecular flexibility index (Phi) is 5.83. The Hall–Kier alpha value is -2.49. The van der Waals surface area contributed by atoms with Crippen molar-refractivity contribution in [2.45, 2.75) is 26.2 Å². The number of amides is 1. The highest BCUT2D eigenvalue weighted by molar-refractivity contribution is 5.90. The molecule has 0 spiro atoms. The summed E-state index contributed by atoms with van der Waals surface area (Å²) < 4.78 is 5.20. The van der Waals surface area contributed by atoms with Gasteiger partial charge in [0.1, 0.15) is 5.75 Å². The largest absolute Gasteiger partial charge is 0.497 e. The van der Waals surface area contributed by atoms with Crippen molar-refractivity contribution in [1.82, 2.24) is 0 Å². The van der Waals surface area contributed by atoms with Crippen LogP contribution in [0.25, 0.3) is 0 Å². The molecular formula is C18H22N2O2. The molecule has 0 saturated carbocycles. The number of benzene rings is 2. The van der Waals surface area contributed by atoms with E-state index in [4.69, 9.17) is 4.74 Å². The molecule has 0 saturated heterocycles. The summed E-state index contributed by atoms with van der Waals surface area (Å²) in [4.78, 5) is 11.7. The van der Waals surface area contributed by atoms with Crippen LogP contribution in [0.4, 0.5) is 17.1 Å². The van der Waals surface area contributed by atoms with Crippen LogP contribution in [0.15, 0.2) is 48.5 Å². The number of nitrogens with one attached hydrogen (secondary N) is 2. The molecule has 2 rings (SSSR count). The normalized spacial score (nSPS) is 10.1.